The van der Waals surface area contributed by atoms with E-state index in [1.807, 2.05) is 76.2 Å². The first-order valence-electron chi connectivity index (χ1n) is 17.3. The molecule has 254 valence electrons. The quantitative estimate of drug-likeness (QED) is 0.402. The zero-order valence-electron chi connectivity index (χ0n) is 27.7. The van der Waals surface area contributed by atoms with Gasteiger partial charge < -0.3 is 36.0 Å². The summed E-state index contributed by atoms with van der Waals surface area (Å²) in [5, 5.41) is 5.59. The molecule has 1 atom stereocenters. The summed E-state index contributed by atoms with van der Waals surface area (Å²) in [6.45, 7) is 7.85. The lowest BCUT2D eigenvalue weighted by Crippen LogP contribution is -2.51. The molecule has 0 saturated carbocycles. The van der Waals surface area contributed by atoms with Crippen LogP contribution < -0.4 is 16.4 Å². The Morgan fingerprint density at radius 3 is 1.94 bits per heavy atom. The monoisotopic (exact) mass is 645 g/mol. The van der Waals surface area contributed by atoms with Gasteiger partial charge in [0.2, 0.25) is 11.8 Å². The van der Waals surface area contributed by atoms with E-state index >= 15 is 0 Å². The fraction of sp³-hybridized carbons (Fsp3) is 0.556. The van der Waals surface area contributed by atoms with Gasteiger partial charge in [-0.3, -0.25) is 9.59 Å². The van der Waals surface area contributed by atoms with E-state index in [0.29, 0.717) is 32.1 Å². The fourth-order valence-corrected chi connectivity index (χ4v) is 7.28. The number of urea groups is 2. The van der Waals surface area contributed by atoms with E-state index < -0.39 is 6.03 Å². The Hall–Kier alpha value is -4.12. The third kappa shape index (κ3) is 9.47. The van der Waals surface area contributed by atoms with Gasteiger partial charge >= 0.3 is 12.1 Å². The van der Waals surface area contributed by atoms with Gasteiger partial charge in [-0.05, 0) is 75.7 Å². The van der Waals surface area contributed by atoms with Crippen LogP contribution in [-0.2, 0) is 16.1 Å². The van der Waals surface area contributed by atoms with Gasteiger partial charge in [-0.25, -0.2) is 9.59 Å². The highest BCUT2D eigenvalue weighted by atomic mass is 16.2. The Morgan fingerprint density at radius 2 is 1.34 bits per heavy atom. The molecule has 11 nitrogen and oxygen atoms in total. The molecule has 47 heavy (non-hydrogen) atoms. The van der Waals surface area contributed by atoms with Crippen molar-refractivity contribution in [3.05, 3.63) is 65.7 Å². The summed E-state index contributed by atoms with van der Waals surface area (Å²) in [6, 6.07) is 17.8. The predicted molar refractivity (Wildman–Crippen MR) is 182 cm³/mol. The van der Waals surface area contributed by atoms with Crippen molar-refractivity contribution >= 4 is 29.6 Å². The zero-order valence-corrected chi connectivity index (χ0v) is 27.7. The number of para-hydroxylation sites is 1. The van der Waals surface area contributed by atoms with Crippen molar-refractivity contribution in [2.24, 2.45) is 5.73 Å². The van der Waals surface area contributed by atoms with Crippen molar-refractivity contribution in [3.8, 4) is 0 Å². The van der Waals surface area contributed by atoms with E-state index in [9.17, 15) is 19.2 Å². The van der Waals surface area contributed by atoms with Gasteiger partial charge in [-0.2, -0.15) is 0 Å². The average molecular weight is 646 g/mol. The number of hydrogen-bond acceptors (Lipinski definition) is 5. The second-order valence-corrected chi connectivity index (χ2v) is 13.2. The van der Waals surface area contributed by atoms with Gasteiger partial charge in [-0.15, -0.1) is 0 Å². The molecule has 2 aromatic carbocycles. The third-order valence-corrected chi connectivity index (χ3v) is 10.1. The molecule has 0 aliphatic carbocycles. The Bertz CT molecular complexity index is 1350. The molecule has 0 radical (unpaired) electrons. The first-order valence-corrected chi connectivity index (χ1v) is 17.3. The SMILES string of the molecule is CC(NC(N)=O)c1ccccc1.O=C(CCC(=O)N1CCC(N2Cc3ccccc3NC2=O)CC1)N1CCC(N2CCCCC2)CC1. The lowest BCUT2D eigenvalue weighted by Gasteiger charge is -2.41. The van der Waals surface area contributed by atoms with Crippen LogP contribution in [0.4, 0.5) is 15.3 Å². The van der Waals surface area contributed by atoms with Crippen molar-refractivity contribution < 1.29 is 19.2 Å². The molecular weight excluding hydrogens is 594 g/mol. The smallest absolute Gasteiger partial charge is 0.322 e. The number of rotatable bonds is 7. The number of carbonyl (C=O) groups excluding carboxylic acids is 4. The maximum Gasteiger partial charge on any atom is 0.322 e. The summed E-state index contributed by atoms with van der Waals surface area (Å²) >= 11 is 0. The summed E-state index contributed by atoms with van der Waals surface area (Å²) in [5.74, 6) is 0.183. The van der Waals surface area contributed by atoms with Crippen LogP contribution in [0.2, 0.25) is 0 Å². The van der Waals surface area contributed by atoms with Gasteiger partial charge in [0.15, 0.2) is 0 Å². The summed E-state index contributed by atoms with van der Waals surface area (Å²) in [6.07, 6.45) is 8.21. The fourth-order valence-electron chi connectivity index (χ4n) is 7.28. The average Bonchev–Trinajstić information content (AvgIpc) is 3.11. The Balaban J connectivity index is 0.000000305. The van der Waals surface area contributed by atoms with Gasteiger partial charge in [0.05, 0.1) is 6.04 Å². The molecule has 2 aromatic rings. The van der Waals surface area contributed by atoms with Crippen LogP contribution in [-0.4, -0.2) is 94.8 Å². The predicted octanol–water partition coefficient (Wildman–Crippen LogP) is 4.70. The summed E-state index contributed by atoms with van der Waals surface area (Å²) < 4.78 is 0. The van der Waals surface area contributed by atoms with Gasteiger partial charge in [0.1, 0.15) is 0 Å². The lowest BCUT2D eigenvalue weighted by atomic mass is 9.99. The standard InChI is InChI=1S/C27H39N5O3.C9H12N2O/c33-25(30-16-10-22(11-17-30)29-14-4-1-5-15-29)8-9-26(34)31-18-12-23(13-19-31)32-20-21-6-2-3-7-24(21)28-27(32)35;1-7(11-9(10)12)8-5-3-2-4-6-8/h2-3,6-7,22-23H,1,4-5,8-20H2,(H,28,35);2-7H,1H3,(H3,10,11,12). The van der Waals surface area contributed by atoms with Gasteiger partial charge in [0.25, 0.3) is 0 Å². The van der Waals surface area contributed by atoms with Gasteiger partial charge in [-0.1, -0.05) is 55.0 Å². The van der Waals surface area contributed by atoms with Crippen LogP contribution in [0.25, 0.3) is 0 Å². The first-order chi connectivity index (χ1) is 22.8. The molecule has 0 aromatic heterocycles. The van der Waals surface area contributed by atoms with Crippen LogP contribution in [0.3, 0.4) is 0 Å². The number of nitrogens with two attached hydrogens (primary N) is 1. The van der Waals surface area contributed by atoms with E-state index in [0.717, 1.165) is 55.6 Å². The minimum atomic E-state index is -0.494. The number of piperidine rings is 3. The molecule has 3 fully saturated rings. The number of nitrogens with zero attached hydrogens (tertiary/aromatic N) is 4. The van der Waals surface area contributed by atoms with Crippen LogP contribution >= 0.6 is 0 Å². The highest BCUT2D eigenvalue weighted by Crippen LogP contribution is 2.28. The summed E-state index contributed by atoms with van der Waals surface area (Å²) in [5.41, 5.74) is 8.05. The number of fused-ring (bicyclic) bond motifs is 1. The van der Waals surface area contributed by atoms with Crippen molar-refractivity contribution in [2.45, 2.75) is 89.4 Å². The molecule has 1 unspecified atom stereocenters. The van der Waals surface area contributed by atoms with E-state index in [4.69, 9.17) is 5.73 Å². The van der Waals surface area contributed by atoms with Crippen molar-refractivity contribution in [1.82, 2.24) is 24.9 Å². The minimum Gasteiger partial charge on any atom is -0.352 e. The number of likely N-dealkylation sites (tertiary alicyclic amines) is 3. The van der Waals surface area contributed by atoms with Crippen LogP contribution in [0, 0.1) is 0 Å². The van der Waals surface area contributed by atoms with E-state index in [1.54, 1.807) is 0 Å². The molecule has 4 aliphatic heterocycles. The van der Waals surface area contributed by atoms with Gasteiger partial charge in [0, 0.05) is 63.3 Å². The molecule has 4 N–H and O–H groups in total. The zero-order chi connectivity index (χ0) is 33.2. The third-order valence-electron chi connectivity index (χ3n) is 10.1. The maximum absolute atomic E-state index is 12.8. The Kier molecular flexibility index (Phi) is 12.1. The lowest BCUT2D eigenvalue weighted by molar-refractivity contribution is -0.138. The summed E-state index contributed by atoms with van der Waals surface area (Å²) in [4.78, 5) is 57.0. The van der Waals surface area contributed by atoms with Crippen LogP contribution in [0.5, 0.6) is 0 Å². The molecule has 11 heteroatoms. The Labute approximate surface area is 278 Å². The maximum atomic E-state index is 12.8. The number of hydrogen-bond donors (Lipinski definition) is 3. The van der Waals surface area contributed by atoms with Crippen molar-refractivity contribution in [3.63, 3.8) is 0 Å². The second kappa shape index (κ2) is 16.6. The van der Waals surface area contributed by atoms with Crippen molar-refractivity contribution in [2.75, 3.05) is 44.6 Å². The minimum absolute atomic E-state index is 0.0244. The molecule has 0 spiro atoms. The number of primary amides is 1. The molecule has 6 amide bonds. The molecule has 0 bridgehead atoms. The highest BCUT2D eigenvalue weighted by Gasteiger charge is 2.33. The van der Waals surface area contributed by atoms with E-state index in [1.165, 1.54) is 32.4 Å². The topological polar surface area (TPSA) is 131 Å². The first kappa shape index (κ1) is 34.2. The largest absolute Gasteiger partial charge is 0.352 e. The van der Waals surface area contributed by atoms with E-state index in [2.05, 4.69) is 15.5 Å². The molecule has 3 saturated heterocycles. The number of amides is 6. The molecular formula is C36H51N7O4. The number of carbonyl (C=O) groups is 4. The number of anilines is 1. The summed E-state index contributed by atoms with van der Waals surface area (Å²) in [7, 11) is 0. The molecule has 4 aliphatic rings. The Morgan fingerprint density at radius 1 is 0.787 bits per heavy atom. The second-order valence-electron chi connectivity index (χ2n) is 13.2. The molecule has 4 heterocycles. The normalized spacial score (nSPS) is 19.9. The number of nitrogens with one attached hydrogen (secondary N) is 2. The number of benzene rings is 2. The van der Waals surface area contributed by atoms with Crippen molar-refractivity contribution in [1.29, 1.82) is 0 Å². The van der Waals surface area contributed by atoms with E-state index in [-0.39, 0.29) is 36.3 Å². The van der Waals surface area contributed by atoms with Crippen LogP contribution in [0.1, 0.15) is 81.9 Å². The molecule has 6 rings (SSSR count). The highest BCUT2D eigenvalue weighted by molar-refractivity contribution is 5.92. The van der Waals surface area contributed by atoms with Crippen LogP contribution in [0.15, 0.2) is 54.6 Å².